The second-order valence-electron chi connectivity index (χ2n) is 6.37. The number of nitrogens with one attached hydrogen (secondary N) is 1. The Bertz CT molecular complexity index is 618. The standard InChI is InChI=1S/C15H28N4O2S.HI/c1-15(2,3)22(20,21)11-9-17-14(16-4)19(6)12-13-8-7-10-18(13)5;/h7-8,10H,9,11-12H2,1-6H3,(H,16,17);1H. The molecular weight excluding hydrogens is 427 g/mol. The molecule has 0 unspecified atom stereocenters. The van der Waals surface area contributed by atoms with Crippen LogP contribution in [0.15, 0.2) is 23.3 Å². The van der Waals surface area contributed by atoms with Gasteiger partial charge < -0.3 is 14.8 Å². The van der Waals surface area contributed by atoms with Crippen LogP contribution in [0.4, 0.5) is 0 Å². The molecule has 23 heavy (non-hydrogen) atoms. The summed E-state index contributed by atoms with van der Waals surface area (Å²) in [5, 5.41) is 3.12. The van der Waals surface area contributed by atoms with Crippen molar-refractivity contribution in [3.05, 3.63) is 24.0 Å². The van der Waals surface area contributed by atoms with E-state index >= 15 is 0 Å². The predicted molar refractivity (Wildman–Crippen MR) is 107 cm³/mol. The first-order valence-corrected chi connectivity index (χ1v) is 8.98. The molecule has 0 fully saturated rings. The fourth-order valence-electron chi connectivity index (χ4n) is 1.97. The molecular formula is C15H29IN4O2S. The highest BCUT2D eigenvalue weighted by atomic mass is 127. The molecule has 0 amide bonds. The molecule has 0 aliphatic carbocycles. The summed E-state index contributed by atoms with van der Waals surface area (Å²) in [5.41, 5.74) is 1.16. The lowest BCUT2D eigenvalue weighted by Crippen LogP contribution is -2.42. The molecule has 0 aliphatic rings. The molecule has 0 atom stereocenters. The summed E-state index contributed by atoms with van der Waals surface area (Å²) in [7, 11) is 2.50. The minimum absolute atomic E-state index is 0. The van der Waals surface area contributed by atoms with Gasteiger partial charge in [0.2, 0.25) is 0 Å². The number of guanidine groups is 1. The van der Waals surface area contributed by atoms with Gasteiger partial charge in [-0.3, -0.25) is 4.99 Å². The molecule has 1 N–H and O–H groups in total. The smallest absolute Gasteiger partial charge is 0.193 e. The Morgan fingerprint density at radius 3 is 2.43 bits per heavy atom. The average Bonchev–Trinajstić information content (AvgIpc) is 2.78. The fraction of sp³-hybridized carbons (Fsp3) is 0.667. The quantitative estimate of drug-likeness (QED) is 0.418. The zero-order valence-electron chi connectivity index (χ0n) is 14.8. The van der Waals surface area contributed by atoms with Crippen LogP contribution in [0.5, 0.6) is 0 Å². The van der Waals surface area contributed by atoms with E-state index in [-0.39, 0.29) is 29.7 Å². The molecule has 0 aliphatic heterocycles. The van der Waals surface area contributed by atoms with Crippen molar-refractivity contribution < 1.29 is 8.42 Å². The summed E-state index contributed by atoms with van der Waals surface area (Å²) in [6.07, 6.45) is 2.00. The largest absolute Gasteiger partial charge is 0.355 e. The van der Waals surface area contributed by atoms with Crippen molar-refractivity contribution in [3.63, 3.8) is 0 Å². The predicted octanol–water partition coefficient (Wildman–Crippen LogP) is 1.86. The van der Waals surface area contributed by atoms with E-state index in [0.29, 0.717) is 19.0 Å². The maximum atomic E-state index is 12.1. The third kappa shape index (κ3) is 6.33. The molecule has 0 saturated carbocycles. The van der Waals surface area contributed by atoms with Crippen LogP contribution in [0.3, 0.4) is 0 Å². The van der Waals surface area contributed by atoms with Crippen molar-refractivity contribution in [2.45, 2.75) is 32.1 Å². The number of halogens is 1. The minimum Gasteiger partial charge on any atom is -0.355 e. The molecule has 1 aromatic rings. The molecule has 1 heterocycles. The summed E-state index contributed by atoms with van der Waals surface area (Å²) in [6.45, 7) is 6.22. The first kappa shape index (κ1) is 22.2. The summed E-state index contributed by atoms with van der Waals surface area (Å²) in [6, 6.07) is 4.04. The summed E-state index contributed by atoms with van der Waals surface area (Å²) in [4.78, 5) is 6.18. The van der Waals surface area contributed by atoms with Gasteiger partial charge in [-0.25, -0.2) is 8.42 Å². The Morgan fingerprint density at radius 1 is 1.39 bits per heavy atom. The Hall–Kier alpha value is -0.770. The number of nitrogens with zero attached hydrogens (tertiary/aromatic N) is 3. The number of sulfone groups is 1. The van der Waals surface area contributed by atoms with E-state index in [1.807, 2.05) is 41.9 Å². The van der Waals surface area contributed by atoms with Crippen molar-refractivity contribution in [1.29, 1.82) is 0 Å². The van der Waals surface area contributed by atoms with Gasteiger partial charge in [0.05, 0.1) is 17.0 Å². The lowest BCUT2D eigenvalue weighted by Gasteiger charge is -2.24. The summed E-state index contributed by atoms with van der Waals surface area (Å²) >= 11 is 0. The first-order valence-electron chi connectivity index (χ1n) is 7.33. The third-order valence-electron chi connectivity index (χ3n) is 3.61. The molecule has 134 valence electrons. The highest BCUT2D eigenvalue weighted by Gasteiger charge is 2.28. The second kappa shape index (κ2) is 8.91. The molecule has 0 radical (unpaired) electrons. The van der Waals surface area contributed by atoms with Gasteiger partial charge in [-0.15, -0.1) is 24.0 Å². The number of hydrogen-bond acceptors (Lipinski definition) is 3. The first-order chi connectivity index (χ1) is 10.1. The molecule has 6 nitrogen and oxygen atoms in total. The van der Waals surface area contributed by atoms with E-state index in [1.54, 1.807) is 27.8 Å². The number of hydrogen-bond donors (Lipinski definition) is 1. The number of rotatable bonds is 5. The third-order valence-corrected chi connectivity index (χ3v) is 6.22. The van der Waals surface area contributed by atoms with Crippen LogP contribution in [0.25, 0.3) is 0 Å². The molecule has 0 saturated heterocycles. The van der Waals surface area contributed by atoms with Gasteiger partial charge in [0.15, 0.2) is 15.8 Å². The van der Waals surface area contributed by atoms with Gasteiger partial charge in [0.25, 0.3) is 0 Å². The van der Waals surface area contributed by atoms with Crippen molar-refractivity contribution in [2.24, 2.45) is 12.0 Å². The van der Waals surface area contributed by atoms with E-state index in [1.165, 1.54) is 0 Å². The Labute approximate surface area is 157 Å². The van der Waals surface area contributed by atoms with Gasteiger partial charge in [-0.1, -0.05) is 0 Å². The maximum absolute atomic E-state index is 12.1. The molecule has 0 bridgehead atoms. The van der Waals surface area contributed by atoms with E-state index in [9.17, 15) is 8.42 Å². The van der Waals surface area contributed by atoms with Crippen molar-refractivity contribution >= 4 is 39.8 Å². The zero-order chi connectivity index (χ0) is 17.0. The van der Waals surface area contributed by atoms with Crippen LogP contribution in [-0.4, -0.2) is 55.0 Å². The van der Waals surface area contributed by atoms with Crippen molar-refractivity contribution in [1.82, 2.24) is 14.8 Å². The number of aromatic nitrogens is 1. The Morgan fingerprint density at radius 2 is 2.00 bits per heavy atom. The van der Waals surface area contributed by atoms with Crippen LogP contribution >= 0.6 is 24.0 Å². The van der Waals surface area contributed by atoms with E-state index in [2.05, 4.69) is 10.3 Å². The molecule has 8 heteroatoms. The SMILES string of the molecule is CN=C(NCCS(=O)(=O)C(C)(C)C)N(C)Cc1cccn1C.I. The lowest BCUT2D eigenvalue weighted by atomic mass is 10.3. The van der Waals surface area contributed by atoms with Crippen LogP contribution in [0.2, 0.25) is 0 Å². The van der Waals surface area contributed by atoms with Gasteiger partial charge in [-0.2, -0.15) is 0 Å². The van der Waals surface area contributed by atoms with Gasteiger partial charge in [-0.05, 0) is 32.9 Å². The summed E-state index contributed by atoms with van der Waals surface area (Å²) in [5.74, 6) is 0.776. The van der Waals surface area contributed by atoms with Crippen molar-refractivity contribution in [2.75, 3.05) is 26.4 Å². The van der Waals surface area contributed by atoms with Gasteiger partial charge >= 0.3 is 0 Å². The van der Waals surface area contributed by atoms with Crippen LogP contribution in [0, 0.1) is 0 Å². The average molecular weight is 456 g/mol. The minimum atomic E-state index is -3.12. The molecule has 1 aromatic heterocycles. The fourth-order valence-corrected chi connectivity index (χ4v) is 2.95. The number of aliphatic imine (C=N–C) groups is 1. The summed E-state index contributed by atoms with van der Waals surface area (Å²) < 4.78 is 25.5. The van der Waals surface area contributed by atoms with Gasteiger partial charge in [0, 0.05) is 39.6 Å². The van der Waals surface area contributed by atoms with E-state index in [4.69, 9.17) is 0 Å². The maximum Gasteiger partial charge on any atom is 0.193 e. The molecule has 0 spiro atoms. The highest BCUT2D eigenvalue weighted by molar-refractivity contribution is 14.0. The second-order valence-corrected chi connectivity index (χ2v) is 9.23. The monoisotopic (exact) mass is 456 g/mol. The van der Waals surface area contributed by atoms with Crippen molar-refractivity contribution in [3.8, 4) is 0 Å². The molecule has 1 rings (SSSR count). The molecule has 0 aromatic carbocycles. The van der Waals surface area contributed by atoms with E-state index in [0.717, 1.165) is 5.69 Å². The Kier molecular flexibility index (Phi) is 8.61. The topological polar surface area (TPSA) is 66.7 Å². The lowest BCUT2D eigenvalue weighted by molar-refractivity contribution is 0.463. The van der Waals surface area contributed by atoms with Crippen LogP contribution < -0.4 is 5.32 Å². The van der Waals surface area contributed by atoms with Crippen LogP contribution in [-0.2, 0) is 23.4 Å². The normalized spacial score (nSPS) is 12.7. The van der Waals surface area contributed by atoms with Gasteiger partial charge in [0.1, 0.15) is 0 Å². The van der Waals surface area contributed by atoms with Crippen LogP contribution in [0.1, 0.15) is 26.5 Å². The zero-order valence-corrected chi connectivity index (χ0v) is 18.0. The Balaban J connectivity index is 0.00000484. The number of aryl methyl sites for hydroxylation is 1. The highest BCUT2D eigenvalue weighted by Crippen LogP contribution is 2.15. The van der Waals surface area contributed by atoms with E-state index < -0.39 is 14.6 Å².